The van der Waals surface area contributed by atoms with Gasteiger partial charge in [0.15, 0.2) is 0 Å². The molecule has 0 radical (unpaired) electrons. The minimum Gasteiger partial charge on any atom is -0.361 e. The Bertz CT molecular complexity index is 689. The number of hydrogen-bond acceptors (Lipinski definition) is 6. The Morgan fingerprint density at radius 3 is 2.71 bits per heavy atom. The molecule has 0 aliphatic carbocycles. The average molecular weight is 329 g/mol. The minimum absolute atomic E-state index is 0.122. The summed E-state index contributed by atoms with van der Waals surface area (Å²) in [5.74, 6) is 0.655. The summed E-state index contributed by atoms with van der Waals surface area (Å²) in [6, 6.07) is 3.75. The Balaban J connectivity index is 1.99. The standard InChI is InChI=1S/C13H19N3O3S2/c1-9(2)14-6-11-5-13(20-8-11)21(17,18)15-7-12-4-10(3)19-16-12/h4-5,8-9,14-15H,6-7H2,1-3H3. The van der Waals surface area contributed by atoms with E-state index in [0.29, 0.717) is 28.2 Å². The summed E-state index contributed by atoms with van der Waals surface area (Å²) in [5.41, 5.74) is 1.53. The van der Waals surface area contributed by atoms with Gasteiger partial charge in [-0.1, -0.05) is 19.0 Å². The van der Waals surface area contributed by atoms with Crippen molar-refractivity contribution in [3.05, 3.63) is 34.5 Å². The summed E-state index contributed by atoms with van der Waals surface area (Å²) in [7, 11) is -3.51. The van der Waals surface area contributed by atoms with E-state index in [-0.39, 0.29) is 6.54 Å². The summed E-state index contributed by atoms with van der Waals surface area (Å²) in [5, 5.41) is 8.87. The molecule has 2 aromatic rings. The number of rotatable bonds is 7. The molecule has 8 heteroatoms. The molecule has 6 nitrogen and oxygen atoms in total. The summed E-state index contributed by atoms with van der Waals surface area (Å²) in [6.45, 7) is 6.64. The summed E-state index contributed by atoms with van der Waals surface area (Å²) in [4.78, 5) is 0. The van der Waals surface area contributed by atoms with E-state index in [0.717, 1.165) is 5.56 Å². The average Bonchev–Trinajstić information content (AvgIpc) is 3.03. The summed E-state index contributed by atoms with van der Waals surface area (Å²) in [6.07, 6.45) is 0. The molecule has 0 saturated carbocycles. The van der Waals surface area contributed by atoms with Gasteiger partial charge in [-0.2, -0.15) is 0 Å². The van der Waals surface area contributed by atoms with E-state index in [1.165, 1.54) is 11.3 Å². The van der Waals surface area contributed by atoms with Crippen molar-refractivity contribution in [1.29, 1.82) is 0 Å². The second-order valence-corrected chi connectivity index (χ2v) is 7.97. The third-order valence-electron chi connectivity index (χ3n) is 2.73. The lowest BCUT2D eigenvalue weighted by Gasteiger charge is -2.05. The van der Waals surface area contributed by atoms with Crippen LogP contribution in [0.1, 0.15) is 30.9 Å². The van der Waals surface area contributed by atoms with Gasteiger partial charge in [0.05, 0.1) is 12.2 Å². The Labute approximate surface area is 128 Å². The van der Waals surface area contributed by atoms with Crippen LogP contribution in [0.3, 0.4) is 0 Å². The van der Waals surface area contributed by atoms with Crippen molar-refractivity contribution in [2.75, 3.05) is 0 Å². The van der Waals surface area contributed by atoms with Crippen molar-refractivity contribution in [3.8, 4) is 0 Å². The Hall–Kier alpha value is -1.22. The highest BCUT2D eigenvalue weighted by Gasteiger charge is 2.17. The molecule has 0 fully saturated rings. The minimum atomic E-state index is -3.51. The van der Waals surface area contributed by atoms with Crippen molar-refractivity contribution < 1.29 is 12.9 Å². The monoisotopic (exact) mass is 329 g/mol. The quantitative estimate of drug-likeness (QED) is 0.812. The normalized spacial score (nSPS) is 12.2. The lowest BCUT2D eigenvalue weighted by atomic mass is 10.3. The Morgan fingerprint density at radius 1 is 1.33 bits per heavy atom. The van der Waals surface area contributed by atoms with Crippen molar-refractivity contribution in [1.82, 2.24) is 15.2 Å². The van der Waals surface area contributed by atoms with Crippen LogP contribution in [0, 0.1) is 6.92 Å². The first-order valence-electron chi connectivity index (χ1n) is 6.59. The maximum absolute atomic E-state index is 12.2. The predicted octanol–water partition coefficient (Wildman–Crippen LogP) is 2.02. The second kappa shape index (κ2) is 6.69. The molecule has 2 heterocycles. The zero-order valence-electron chi connectivity index (χ0n) is 12.2. The van der Waals surface area contributed by atoms with Gasteiger partial charge in [0, 0.05) is 18.7 Å². The zero-order chi connectivity index (χ0) is 15.5. The van der Waals surface area contributed by atoms with Gasteiger partial charge in [-0.25, -0.2) is 13.1 Å². The highest BCUT2D eigenvalue weighted by Crippen LogP contribution is 2.20. The van der Waals surface area contributed by atoms with E-state index in [9.17, 15) is 8.42 Å². The maximum Gasteiger partial charge on any atom is 0.250 e. The predicted molar refractivity (Wildman–Crippen MR) is 81.6 cm³/mol. The number of hydrogen-bond donors (Lipinski definition) is 2. The highest BCUT2D eigenvalue weighted by atomic mass is 32.2. The molecule has 2 aromatic heterocycles. The van der Waals surface area contributed by atoms with Crippen molar-refractivity contribution in [2.45, 2.75) is 44.1 Å². The van der Waals surface area contributed by atoms with E-state index in [4.69, 9.17) is 4.52 Å². The molecule has 0 atom stereocenters. The molecule has 0 aliphatic rings. The van der Waals surface area contributed by atoms with Crippen LogP contribution in [0.15, 0.2) is 26.2 Å². The molecule has 0 unspecified atom stereocenters. The van der Waals surface area contributed by atoms with Gasteiger partial charge in [-0.3, -0.25) is 0 Å². The number of aryl methyl sites for hydroxylation is 1. The lowest BCUT2D eigenvalue weighted by Crippen LogP contribution is -2.23. The van der Waals surface area contributed by atoms with Gasteiger partial charge in [-0.15, -0.1) is 11.3 Å². The van der Waals surface area contributed by atoms with Gasteiger partial charge in [0.2, 0.25) is 10.0 Å². The molecule has 0 spiro atoms. The fourth-order valence-electron chi connectivity index (χ4n) is 1.65. The number of aromatic nitrogens is 1. The molecule has 0 saturated heterocycles. The fraction of sp³-hybridized carbons (Fsp3) is 0.462. The van der Waals surface area contributed by atoms with Crippen LogP contribution in [0.2, 0.25) is 0 Å². The van der Waals surface area contributed by atoms with E-state index < -0.39 is 10.0 Å². The number of sulfonamides is 1. The summed E-state index contributed by atoms with van der Waals surface area (Å²) < 4.78 is 32.1. The second-order valence-electron chi connectivity index (χ2n) is 5.06. The van der Waals surface area contributed by atoms with Gasteiger partial charge < -0.3 is 9.84 Å². The van der Waals surface area contributed by atoms with Crippen molar-refractivity contribution in [3.63, 3.8) is 0 Å². The largest absolute Gasteiger partial charge is 0.361 e. The highest BCUT2D eigenvalue weighted by molar-refractivity contribution is 7.91. The molecular formula is C13H19N3O3S2. The Kier molecular flexibility index (Phi) is 5.15. The SMILES string of the molecule is Cc1cc(CNS(=O)(=O)c2cc(CNC(C)C)cs2)no1. The smallest absolute Gasteiger partial charge is 0.250 e. The molecule has 0 bridgehead atoms. The van der Waals surface area contributed by atoms with Gasteiger partial charge >= 0.3 is 0 Å². The van der Waals surface area contributed by atoms with Gasteiger partial charge in [-0.05, 0) is 23.9 Å². The van der Waals surface area contributed by atoms with E-state index >= 15 is 0 Å². The first-order chi connectivity index (χ1) is 9.87. The molecule has 21 heavy (non-hydrogen) atoms. The van der Waals surface area contributed by atoms with Crippen LogP contribution >= 0.6 is 11.3 Å². The van der Waals surface area contributed by atoms with E-state index in [2.05, 4.69) is 15.2 Å². The van der Waals surface area contributed by atoms with Crippen LogP contribution in [0.25, 0.3) is 0 Å². The Morgan fingerprint density at radius 2 is 2.10 bits per heavy atom. The molecule has 0 aromatic carbocycles. The van der Waals surface area contributed by atoms with Crippen molar-refractivity contribution in [2.24, 2.45) is 0 Å². The molecule has 0 amide bonds. The first kappa shape index (κ1) is 16.2. The van der Waals surface area contributed by atoms with Crippen LogP contribution in [0.5, 0.6) is 0 Å². The maximum atomic E-state index is 12.2. The molecule has 2 N–H and O–H groups in total. The molecule has 0 aliphatic heterocycles. The first-order valence-corrected chi connectivity index (χ1v) is 8.96. The van der Waals surface area contributed by atoms with Gasteiger partial charge in [0.25, 0.3) is 0 Å². The van der Waals surface area contributed by atoms with Crippen LogP contribution in [0.4, 0.5) is 0 Å². The lowest BCUT2D eigenvalue weighted by molar-refractivity contribution is 0.390. The third kappa shape index (κ3) is 4.63. The van der Waals surface area contributed by atoms with Gasteiger partial charge in [0.1, 0.15) is 9.97 Å². The number of nitrogens with one attached hydrogen (secondary N) is 2. The molecular weight excluding hydrogens is 310 g/mol. The van der Waals surface area contributed by atoms with Crippen LogP contribution in [-0.4, -0.2) is 19.6 Å². The van der Waals surface area contributed by atoms with E-state index in [1.54, 1.807) is 19.1 Å². The topological polar surface area (TPSA) is 84.2 Å². The van der Waals surface area contributed by atoms with Crippen molar-refractivity contribution >= 4 is 21.4 Å². The fourth-order valence-corrected chi connectivity index (χ4v) is 3.90. The van der Waals surface area contributed by atoms with Crippen LogP contribution < -0.4 is 10.0 Å². The number of thiophene rings is 1. The van der Waals surface area contributed by atoms with E-state index in [1.807, 2.05) is 19.2 Å². The summed E-state index contributed by atoms with van der Waals surface area (Å²) >= 11 is 1.21. The zero-order valence-corrected chi connectivity index (χ0v) is 13.8. The molecule has 116 valence electrons. The van der Waals surface area contributed by atoms with Crippen LogP contribution in [-0.2, 0) is 23.1 Å². The third-order valence-corrected chi connectivity index (χ3v) is 5.62. The molecule has 2 rings (SSSR count). The number of nitrogens with zero attached hydrogens (tertiary/aromatic N) is 1.